The highest BCUT2D eigenvalue weighted by Gasteiger charge is 2.51. The molecular weight excluding hydrogens is 1080 g/mol. The van der Waals surface area contributed by atoms with Gasteiger partial charge in [-0.05, 0) is 0 Å². The van der Waals surface area contributed by atoms with Crippen LogP contribution in [0.15, 0.2) is 0 Å². The van der Waals surface area contributed by atoms with Gasteiger partial charge in [-0.15, -0.1) is 0 Å². The first kappa shape index (κ1) is 67.3. The zero-order valence-electron chi connectivity index (χ0n) is 45.0. The van der Waals surface area contributed by atoms with Crippen LogP contribution in [0.4, 0.5) is 0 Å². The number of esters is 3. The molecule has 5 aliphatic rings. The third kappa shape index (κ3) is 17.5. The Morgan fingerprint density at radius 2 is 0.825 bits per heavy atom. The Bertz CT molecular complexity index is 1930. The number of carbonyl (C=O) groups excluding carboxylic acids is 3. The second kappa shape index (κ2) is 32.0. The minimum Gasteiger partial charge on any atom is -0.479 e. The van der Waals surface area contributed by atoms with Gasteiger partial charge < -0.3 is 128 Å². The molecule has 5 heterocycles. The van der Waals surface area contributed by atoms with E-state index in [0.29, 0.717) is 0 Å². The molecule has 18 unspecified atom stereocenters. The molecule has 0 aromatic carbocycles. The Balaban J connectivity index is 1.21. The number of methoxy groups -OCH3 is 5. The highest BCUT2D eigenvalue weighted by molar-refractivity contribution is 5.76. The molecule has 5 saturated heterocycles. The van der Waals surface area contributed by atoms with Gasteiger partial charge in [0, 0.05) is 70.0 Å². The fourth-order valence-corrected chi connectivity index (χ4v) is 10.5. The maximum atomic E-state index is 13.3. The predicted molar refractivity (Wildman–Crippen MR) is 258 cm³/mol. The number of aliphatic carboxylic acids is 2. The topological polar surface area (TPSA) is 457 Å². The van der Waals surface area contributed by atoms with E-state index >= 15 is 0 Å². The van der Waals surface area contributed by atoms with E-state index < -0.39 is 241 Å². The van der Waals surface area contributed by atoms with Gasteiger partial charge in [0.05, 0.1) is 154 Å². The SMILES string of the molecule is COC[C@H]1OC(C(=O)O)[C@H](COC2COC(C(=O)OC)CC(OC3COC(C(=O)OC)[C@H](COC4COC(C(=O)O)[C@H](COC[C@H]5OC(C(=O)OC)[C@H](COC)[C@H](O)C5O)C(O)C(O)C4)C(O)C(O)C3)CC(O)C(O)C2)C(O)C1O. The summed E-state index contributed by atoms with van der Waals surface area (Å²) >= 11 is 0. The number of carboxylic acids is 2. The van der Waals surface area contributed by atoms with Crippen LogP contribution < -0.4 is 0 Å². The third-order valence-electron chi connectivity index (χ3n) is 15.1. The van der Waals surface area contributed by atoms with E-state index in [1.807, 2.05) is 0 Å². The van der Waals surface area contributed by atoms with Crippen molar-refractivity contribution < 1.29 is 152 Å². The molecule has 0 bridgehead atoms. The van der Waals surface area contributed by atoms with Crippen LogP contribution in [0.5, 0.6) is 0 Å². The van der Waals surface area contributed by atoms with Gasteiger partial charge in [0.25, 0.3) is 0 Å². The monoisotopic (exact) mass is 1160 g/mol. The van der Waals surface area contributed by atoms with Gasteiger partial charge >= 0.3 is 29.8 Å². The molecule has 0 aromatic heterocycles. The molecule has 462 valence electrons. The molecule has 0 aromatic rings. The largest absolute Gasteiger partial charge is 0.479 e. The van der Waals surface area contributed by atoms with Crippen LogP contribution in [0.25, 0.3) is 0 Å². The van der Waals surface area contributed by atoms with Crippen molar-refractivity contribution in [1.29, 1.82) is 0 Å². The molecule has 31 nitrogen and oxygen atoms in total. The Labute approximate surface area is 459 Å². The summed E-state index contributed by atoms with van der Waals surface area (Å²) in [7, 11) is 5.81. The summed E-state index contributed by atoms with van der Waals surface area (Å²) in [6.07, 6.45) is -33.7. The molecule has 0 aliphatic carbocycles. The predicted octanol–water partition coefficient (Wildman–Crippen LogP) is -6.74. The fourth-order valence-electron chi connectivity index (χ4n) is 10.5. The lowest BCUT2D eigenvalue weighted by molar-refractivity contribution is -0.231. The standard InChI is InChI=1S/C49H80O31/c1-67-14-24-37(56)40(59)34(80-44(24)49(66)71-5)19-72-15-25-35(54)30(52)8-22(12-76-41(25)45(60)61)73-16-26-36(55)31(53)9-23(13-77-43(26)48(65)70-4)78-20-6-28(50)29(51)7-21(11-75-32(10-20)47(64)69-3)74-17-27-38(57)39(58)33(18-68-2)79-42(27)46(62)63/h20-44,50-59H,6-19H2,1-5H3,(H,60,61)(H,62,63)/t20?,21?,22?,23?,24-,25-,26-,27-,28?,29?,30?,31?,32?,33-,34-,35?,36?,37+,38?,39?,40?,41?,42?,43?,44?/m1/s1. The smallest absolute Gasteiger partial charge is 0.335 e. The molecule has 12 N–H and O–H groups in total. The van der Waals surface area contributed by atoms with Crippen LogP contribution in [-0.2, 0) is 90.3 Å². The second-order valence-electron chi connectivity index (χ2n) is 20.6. The maximum absolute atomic E-state index is 13.3. The van der Waals surface area contributed by atoms with E-state index in [-0.39, 0.29) is 32.5 Å². The summed E-state index contributed by atoms with van der Waals surface area (Å²) in [5.41, 5.74) is 0. The van der Waals surface area contributed by atoms with Crippen molar-refractivity contribution >= 4 is 29.8 Å². The molecule has 5 fully saturated rings. The Kier molecular flexibility index (Phi) is 26.9. The number of hydrogen-bond donors (Lipinski definition) is 12. The summed E-state index contributed by atoms with van der Waals surface area (Å²) in [6.45, 7) is -4.16. The van der Waals surface area contributed by atoms with Gasteiger partial charge in [-0.2, -0.15) is 0 Å². The van der Waals surface area contributed by atoms with Crippen molar-refractivity contribution in [1.82, 2.24) is 0 Å². The number of carbonyl (C=O) groups is 5. The lowest BCUT2D eigenvalue weighted by Crippen LogP contribution is -2.59. The number of ether oxygens (including phenoxy) is 14. The number of aliphatic hydroxyl groups is 10. The molecule has 0 radical (unpaired) electrons. The molecule has 80 heavy (non-hydrogen) atoms. The third-order valence-corrected chi connectivity index (χ3v) is 15.1. The van der Waals surface area contributed by atoms with E-state index in [9.17, 15) is 85.3 Å². The van der Waals surface area contributed by atoms with Crippen LogP contribution in [0.3, 0.4) is 0 Å². The van der Waals surface area contributed by atoms with Crippen LogP contribution in [0.2, 0.25) is 0 Å². The van der Waals surface area contributed by atoms with Crippen molar-refractivity contribution in [2.75, 3.05) is 95.0 Å². The van der Waals surface area contributed by atoms with Crippen molar-refractivity contribution in [2.24, 2.45) is 23.7 Å². The molecular formula is C49H80O31. The van der Waals surface area contributed by atoms with Gasteiger partial charge in [0.15, 0.2) is 30.5 Å². The average Bonchev–Trinajstić information content (AvgIpc) is 3.42. The van der Waals surface area contributed by atoms with Gasteiger partial charge in [-0.3, -0.25) is 0 Å². The zero-order chi connectivity index (χ0) is 59.1. The summed E-state index contributed by atoms with van der Waals surface area (Å²) in [6, 6.07) is 0. The van der Waals surface area contributed by atoms with E-state index in [4.69, 9.17) is 66.3 Å². The van der Waals surface area contributed by atoms with Crippen molar-refractivity contribution in [3.8, 4) is 0 Å². The van der Waals surface area contributed by atoms with E-state index in [0.717, 1.165) is 21.3 Å². The molecule has 0 spiro atoms. The highest BCUT2D eigenvalue weighted by Crippen LogP contribution is 2.33. The van der Waals surface area contributed by atoms with Crippen LogP contribution in [0, 0.1) is 23.7 Å². The lowest BCUT2D eigenvalue weighted by atomic mass is 9.87. The first-order valence-electron chi connectivity index (χ1n) is 26.1. The summed E-state index contributed by atoms with van der Waals surface area (Å²) in [5, 5.41) is 131. The number of aliphatic hydroxyl groups excluding tert-OH is 10. The first-order chi connectivity index (χ1) is 38.0. The molecule has 0 saturated carbocycles. The Morgan fingerprint density at radius 1 is 0.400 bits per heavy atom. The zero-order valence-corrected chi connectivity index (χ0v) is 45.0. The minimum absolute atomic E-state index is 0.177. The van der Waals surface area contributed by atoms with Gasteiger partial charge in [0.1, 0.15) is 24.4 Å². The molecule has 5 aliphatic heterocycles. The first-order valence-corrected chi connectivity index (χ1v) is 26.1. The maximum Gasteiger partial charge on any atom is 0.335 e. The summed E-state index contributed by atoms with van der Waals surface area (Å²) in [5.74, 6) is -11.0. The van der Waals surface area contributed by atoms with E-state index in [1.54, 1.807) is 0 Å². The van der Waals surface area contributed by atoms with Gasteiger partial charge in [-0.25, -0.2) is 24.0 Å². The second-order valence-corrected chi connectivity index (χ2v) is 20.6. The van der Waals surface area contributed by atoms with Crippen molar-refractivity contribution in [2.45, 2.75) is 160 Å². The van der Waals surface area contributed by atoms with Crippen LogP contribution in [-0.4, -0.2) is 314 Å². The van der Waals surface area contributed by atoms with E-state index in [2.05, 4.69) is 0 Å². The normalized spacial score (nSPS) is 41.6. The van der Waals surface area contributed by atoms with Crippen LogP contribution >= 0.6 is 0 Å². The fraction of sp³-hybridized carbons (Fsp3) is 0.898. The highest BCUT2D eigenvalue weighted by atomic mass is 16.6. The molecule has 25 atom stereocenters. The lowest BCUT2D eigenvalue weighted by Gasteiger charge is -2.41. The molecule has 31 heteroatoms. The summed E-state index contributed by atoms with van der Waals surface area (Å²) < 4.78 is 77.2. The Hall–Kier alpha value is -3.49. The molecule has 0 amide bonds. The molecule has 5 rings (SSSR count). The summed E-state index contributed by atoms with van der Waals surface area (Å²) in [4.78, 5) is 63.5. The van der Waals surface area contributed by atoms with Gasteiger partial charge in [0.2, 0.25) is 0 Å². The average molecular weight is 1170 g/mol. The quantitative estimate of drug-likeness (QED) is 0.0375. The number of hydrogen-bond acceptors (Lipinski definition) is 29. The van der Waals surface area contributed by atoms with E-state index in [1.165, 1.54) is 14.2 Å². The number of carboxylic acid groups (broad SMARTS) is 2. The van der Waals surface area contributed by atoms with Gasteiger partial charge in [-0.1, -0.05) is 0 Å². The van der Waals surface area contributed by atoms with Crippen molar-refractivity contribution in [3.05, 3.63) is 0 Å². The van der Waals surface area contributed by atoms with Crippen LogP contribution in [0.1, 0.15) is 32.1 Å². The van der Waals surface area contributed by atoms with Crippen molar-refractivity contribution in [3.63, 3.8) is 0 Å². The number of rotatable bonds is 21. The Morgan fingerprint density at radius 3 is 1.36 bits per heavy atom. The minimum atomic E-state index is -1.85.